The number of aromatic nitrogens is 1. The van der Waals surface area contributed by atoms with E-state index in [1.165, 1.54) is 21.8 Å². The van der Waals surface area contributed by atoms with Gasteiger partial charge in [-0.2, -0.15) is 0 Å². The Morgan fingerprint density at radius 3 is 1.63 bits per heavy atom. The van der Waals surface area contributed by atoms with Crippen molar-refractivity contribution in [1.82, 2.24) is 4.57 Å². The molecule has 2 aromatic carbocycles. The molecule has 1 heteroatoms. The minimum atomic E-state index is 0.183. The van der Waals surface area contributed by atoms with Crippen LogP contribution in [-0.4, -0.2) is 4.57 Å². The van der Waals surface area contributed by atoms with Crippen molar-refractivity contribution >= 4 is 21.8 Å². The lowest BCUT2D eigenvalue weighted by atomic mass is 9.94. The van der Waals surface area contributed by atoms with Crippen molar-refractivity contribution in [2.75, 3.05) is 0 Å². The molecule has 1 heterocycles. The minimum absolute atomic E-state index is 0.183. The second kappa shape index (κ2) is 4.41. The van der Waals surface area contributed by atoms with E-state index in [9.17, 15) is 0 Å². The van der Waals surface area contributed by atoms with E-state index in [0.717, 1.165) is 12.8 Å². The molecule has 0 bridgehead atoms. The van der Waals surface area contributed by atoms with E-state index in [4.69, 9.17) is 0 Å². The van der Waals surface area contributed by atoms with Crippen LogP contribution in [0.3, 0.4) is 0 Å². The summed E-state index contributed by atoms with van der Waals surface area (Å²) in [4.78, 5) is 0. The first-order valence-electron chi connectivity index (χ1n) is 7.20. The van der Waals surface area contributed by atoms with Gasteiger partial charge in [0.1, 0.15) is 0 Å². The Morgan fingerprint density at radius 2 is 1.21 bits per heavy atom. The fraction of sp³-hybridized carbons (Fsp3) is 0.333. The van der Waals surface area contributed by atoms with Crippen LogP contribution in [0, 0.1) is 0 Å². The predicted octanol–water partition coefficient (Wildman–Crippen LogP) is 5.33. The van der Waals surface area contributed by atoms with Gasteiger partial charge < -0.3 is 4.57 Å². The summed E-state index contributed by atoms with van der Waals surface area (Å²) in [6.07, 6.45) is 2.29. The summed E-state index contributed by atoms with van der Waals surface area (Å²) in [6, 6.07) is 17.5. The highest BCUT2D eigenvalue weighted by Crippen LogP contribution is 2.36. The molecule has 0 radical (unpaired) electrons. The van der Waals surface area contributed by atoms with E-state index in [2.05, 4.69) is 73.9 Å². The number of fused-ring (bicyclic) bond motifs is 3. The molecule has 98 valence electrons. The molecule has 0 amide bonds. The standard InChI is InChI=1S/C18H21N/c1-4-18(3,5-2)19-16-12-8-6-10-14(16)15-11-7-9-13-17(15)19/h6-13H,4-5H2,1-3H3. The third-order valence-corrected chi connectivity index (χ3v) is 4.64. The van der Waals surface area contributed by atoms with Crippen LogP contribution < -0.4 is 0 Å². The lowest BCUT2D eigenvalue weighted by Gasteiger charge is -2.31. The van der Waals surface area contributed by atoms with Crippen LogP contribution in [0.5, 0.6) is 0 Å². The molecule has 1 aromatic heterocycles. The van der Waals surface area contributed by atoms with Gasteiger partial charge in [0, 0.05) is 27.3 Å². The molecule has 0 saturated carbocycles. The second-order valence-electron chi connectivity index (χ2n) is 5.57. The van der Waals surface area contributed by atoms with Gasteiger partial charge in [0.05, 0.1) is 0 Å². The summed E-state index contributed by atoms with van der Waals surface area (Å²) in [5.74, 6) is 0. The molecule has 0 aliphatic rings. The Hall–Kier alpha value is -1.76. The van der Waals surface area contributed by atoms with Crippen molar-refractivity contribution in [1.29, 1.82) is 0 Å². The molecule has 0 aliphatic heterocycles. The zero-order valence-electron chi connectivity index (χ0n) is 12.0. The van der Waals surface area contributed by atoms with E-state index < -0.39 is 0 Å². The highest BCUT2D eigenvalue weighted by molar-refractivity contribution is 6.08. The molecule has 0 unspecified atom stereocenters. The number of benzene rings is 2. The van der Waals surface area contributed by atoms with Crippen LogP contribution in [0.1, 0.15) is 33.6 Å². The molecule has 0 aliphatic carbocycles. The molecule has 3 aromatic rings. The maximum absolute atomic E-state index is 2.54. The molecule has 0 saturated heterocycles. The molecule has 0 N–H and O–H groups in total. The summed E-state index contributed by atoms with van der Waals surface area (Å²) in [5, 5.41) is 2.73. The maximum Gasteiger partial charge on any atom is 0.0496 e. The second-order valence-corrected chi connectivity index (χ2v) is 5.57. The van der Waals surface area contributed by atoms with Gasteiger partial charge >= 0.3 is 0 Å². The predicted molar refractivity (Wildman–Crippen MR) is 83.7 cm³/mol. The van der Waals surface area contributed by atoms with Crippen LogP contribution in [0.4, 0.5) is 0 Å². The molecule has 0 spiro atoms. The minimum Gasteiger partial charge on any atom is -0.335 e. The highest BCUT2D eigenvalue weighted by atomic mass is 15.1. The van der Waals surface area contributed by atoms with Gasteiger partial charge in [-0.1, -0.05) is 50.2 Å². The number of nitrogens with zero attached hydrogens (tertiary/aromatic N) is 1. The van der Waals surface area contributed by atoms with Crippen molar-refractivity contribution in [3.8, 4) is 0 Å². The van der Waals surface area contributed by atoms with Crippen LogP contribution in [-0.2, 0) is 5.54 Å². The fourth-order valence-corrected chi connectivity index (χ4v) is 3.07. The zero-order valence-corrected chi connectivity index (χ0v) is 12.0. The molecule has 0 atom stereocenters. The van der Waals surface area contributed by atoms with Crippen LogP contribution in [0.2, 0.25) is 0 Å². The van der Waals surface area contributed by atoms with Crippen LogP contribution in [0.15, 0.2) is 48.5 Å². The van der Waals surface area contributed by atoms with Crippen molar-refractivity contribution in [2.45, 2.75) is 39.2 Å². The summed E-state index contributed by atoms with van der Waals surface area (Å²) < 4.78 is 2.54. The number of hydrogen-bond donors (Lipinski definition) is 0. The maximum atomic E-state index is 2.54. The Labute approximate surface area is 114 Å². The van der Waals surface area contributed by atoms with E-state index in [-0.39, 0.29) is 5.54 Å². The molecule has 19 heavy (non-hydrogen) atoms. The lowest BCUT2D eigenvalue weighted by Crippen LogP contribution is -2.28. The van der Waals surface area contributed by atoms with E-state index >= 15 is 0 Å². The van der Waals surface area contributed by atoms with Crippen molar-refractivity contribution in [3.05, 3.63) is 48.5 Å². The van der Waals surface area contributed by atoms with E-state index in [1.807, 2.05) is 0 Å². The van der Waals surface area contributed by atoms with Gasteiger partial charge in [-0.15, -0.1) is 0 Å². The first kappa shape index (κ1) is 12.3. The van der Waals surface area contributed by atoms with E-state index in [1.54, 1.807) is 0 Å². The van der Waals surface area contributed by atoms with Gasteiger partial charge in [-0.05, 0) is 31.9 Å². The average molecular weight is 251 g/mol. The van der Waals surface area contributed by atoms with Crippen molar-refractivity contribution in [3.63, 3.8) is 0 Å². The fourth-order valence-electron chi connectivity index (χ4n) is 3.07. The summed E-state index contributed by atoms with van der Waals surface area (Å²) in [5.41, 5.74) is 2.90. The summed E-state index contributed by atoms with van der Waals surface area (Å²) in [7, 11) is 0. The van der Waals surface area contributed by atoms with Crippen molar-refractivity contribution in [2.24, 2.45) is 0 Å². The first-order valence-corrected chi connectivity index (χ1v) is 7.20. The third-order valence-electron chi connectivity index (χ3n) is 4.64. The summed E-state index contributed by atoms with van der Waals surface area (Å²) in [6.45, 7) is 6.94. The quantitative estimate of drug-likeness (QED) is 0.593. The Kier molecular flexibility index (Phi) is 2.85. The van der Waals surface area contributed by atoms with Gasteiger partial charge in [-0.3, -0.25) is 0 Å². The van der Waals surface area contributed by atoms with Gasteiger partial charge in [0.25, 0.3) is 0 Å². The molecule has 1 nitrogen and oxygen atoms in total. The average Bonchev–Trinajstić information content (AvgIpc) is 2.82. The SMILES string of the molecule is CCC(C)(CC)n1c2ccccc2c2ccccc21. The number of hydrogen-bond acceptors (Lipinski definition) is 0. The molecular weight excluding hydrogens is 230 g/mol. The normalized spacial score (nSPS) is 12.4. The first-order chi connectivity index (χ1) is 9.21. The Bertz CT molecular complexity index is 663. The lowest BCUT2D eigenvalue weighted by molar-refractivity contribution is 0.313. The molecule has 3 rings (SSSR count). The van der Waals surface area contributed by atoms with Crippen LogP contribution >= 0.6 is 0 Å². The Balaban J connectivity index is 2.50. The monoisotopic (exact) mass is 251 g/mol. The van der Waals surface area contributed by atoms with Gasteiger partial charge in [0.2, 0.25) is 0 Å². The van der Waals surface area contributed by atoms with Crippen molar-refractivity contribution < 1.29 is 0 Å². The highest BCUT2D eigenvalue weighted by Gasteiger charge is 2.25. The third kappa shape index (κ3) is 1.68. The zero-order chi connectivity index (χ0) is 13.5. The van der Waals surface area contributed by atoms with E-state index in [0.29, 0.717) is 0 Å². The van der Waals surface area contributed by atoms with Gasteiger partial charge in [-0.25, -0.2) is 0 Å². The van der Waals surface area contributed by atoms with Gasteiger partial charge in [0.15, 0.2) is 0 Å². The molecular formula is C18H21N. The smallest absolute Gasteiger partial charge is 0.0496 e. The number of rotatable bonds is 3. The topological polar surface area (TPSA) is 4.93 Å². The number of para-hydroxylation sites is 2. The largest absolute Gasteiger partial charge is 0.335 e. The Morgan fingerprint density at radius 1 is 0.789 bits per heavy atom. The summed E-state index contributed by atoms with van der Waals surface area (Å²) >= 11 is 0. The molecule has 0 fully saturated rings. The van der Waals surface area contributed by atoms with Crippen LogP contribution in [0.25, 0.3) is 21.8 Å².